The van der Waals surface area contributed by atoms with Gasteiger partial charge in [0.2, 0.25) is 0 Å². The Morgan fingerprint density at radius 1 is 1.41 bits per heavy atom. The molecule has 1 aromatic rings. The monoisotopic (exact) mass is 233 g/mol. The van der Waals surface area contributed by atoms with Gasteiger partial charge in [-0.15, -0.1) is 0 Å². The van der Waals surface area contributed by atoms with E-state index in [0.29, 0.717) is 5.75 Å². The molecule has 0 unspecified atom stereocenters. The maximum atomic E-state index is 11.9. The smallest absolute Gasteiger partial charge is 0.255 e. The average Bonchev–Trinajstić information content (AvgIpc) is 2.81. The van der Waals surface area contributed by atoms with Crippen molar-refractivity contribution in [3.63, 3.8) is 0 Å². The summed E-state index contributed by atoms with van der Waals surface area (Å²) in [6, 6.07) is 4.79. The van der Waals surface area contributed by atoms with Crippen molar-refractivity contribution in [2.45, 2.75) is 18.9 Å². The first-order valence-electron chi connectivity index (χ1n) is 5.53. The minimum atomic E-state index is -0.251. The Kier molecular flexibility index (Phi) is 3.32. The molecular weight excluding hydrogens is 218 g/mol. The van der Waals surface area contributed by atoms with Crippen LogP contribution in [-0.2, 0) is 0 Å². The fourth-order valence-corrected chi connectivity index (χ4v) is 1.83. The number of ether oxygens (including phenoxy) is 1. The maximum Gasteiger partial charge on any atom is 0.255 e. The summed E-state index contributed by atoms with van der Waals surface area (Å²) in [5.41, 5.74) is 0.276. The van der Waals surface area contributed by atoms with Crippen LogP contribution in [0.25, 0.3) is 0 Å². The standard InChI is InChI=1S/C13H15NO3/c1-17-10-6-7-11(12(15)8-10)13(16)14-9-4-2-3-5-9/h2-3,6-9,15H,4-5H2,1H3,(H,14,16). The Morgan fingerprint density at radius 2 is 2.12 bits per heavy atom. The van der Waals surface area contributed by atoms with E-state index < -0.39 is 0 Å². The first kappa shape index (κ1) is 11.5. The molecule has 0 saturated heterocycles. The molecule has 0 fully saturated rings. The summed E-state index contributed by atoms with van der Waals surface area (Å²) < 4.78 is 4.96. The first-order valence-corrected chi connectivity index (χ1v) is 5.53. The van der Waals surface area contributed by atoms with E-state index in [1.54, 1.807) is 12.1 Å². The number of hydrogen-bond acceptors (Lipinski definition) is 3. The number of amides is 1. The molecule has 2 N–H and O–H groups in total. The van der Waals surface area contributed by atoms with Gasteiger partial charge < -0.3 is 15.2 Å². The van der Waals surface area contributed by atoms with E-state index >= 15 is 0 Å². The Bertz CT molecular complexity index is 446. The third-order valence-electron chi connectivity index (χ3n) is 2.79. The number of carbonyl (C=O) groups excluding carboxylic acids is 1. The van der Waals surface area contributed by atoms with Crippen LogP contribution in [0.4, 0.5) is 0 Å². The molecule has 1 aromatic carbocycles. The lowest BCUT2D eigenvalue weighted by Crippen LogP contribution is -2.32. The molecular formula is C13H15NO3. The number of aromatic hydroxyl groups is 1. The molecule has 0 spiro atoms. The average molecular weight is 233 g/mol. The van der Waals surface area contributed by atoms with Gasteiger partial charge in [-0.05, 0) is 25.0 Å². The van der Waals surface area contributed by atoms with Crippen LogP contribution >= 0.6 is 0 Å². The SMILES string of the molecule is COc1ccc(C(=O)NC2CC=CC2)c(O)c1. The largest absolute Gasteiger partial charge is 0.507 e. The Balaban J connectivity index is 2.08. The van der Waals surface area contributed by atoms with Crippen LogP contribution in [0.1, 0.15) is 23.2 Å². The zero-order valence-corrected chi connectivity index (χ0v) is 9.64. The van der Waals surface area contributed by atoms with Crippen molar-refractivity contribution in [1.82, 2.24) is 5.32 Å². The summed E-state index contributed by atoms with van der Waals surface area (Å²) in [6.45, 7) is 0. The van der Waals surface area contributed by atoms with Crippen LogP contribution in [0.15, 0.2) is 30.4 Å². The third kappa shape index (κ3) is 2.58. The zero-order chi connectivity index (χ0) is 12.3. The van der Waals surface area contributed by atoms with Crippen molar-refractivity contribution in [2.24, 2.45) is 0 Å². The van der Waals surface area contributed by atoms with Crippen molar-refractivity contribution < 1.29 is 14.6 Å². The molecule has 1 amide bonds. The first-order chi connectivity index (χ1) is 8.20. The van der Waals surface area contributed by atoms with Gasteiger partial charge in [0, 0.05) is 12.1 Å². The van der Waals surface area contributed by atoms with E-state index in [4.69, 9.17) is 4.74 Å². The van der Waals surface area contributed by atoms with E-state index in [0.717, 1.165) is 12.8 Å². The normalized spacial score (nSPS) is 14.9. The van der Waals surface area contributed by atoms with Crippen LogP contribution in [-0.4, -0.2) is 24.2 Å². The predicted octanol–water partition coefficient (Wildman–Crippen LogP) is 1.85. The second-order valence-corrected chi connectivity index (χ2v) is 4.00. The summed E-state index contributed by atoms with van der Waals surface area (Å²) in [7, 11) is 1.51. The van der Waals surface area contributed by atoms with Crippen LogP contribution in [0, 0.1) is 0 Å². The molecule has 0 aromatic heterocycles. The molecule has 1 aliphatic rings. The highest BCUT2D eigenvalue weighted by Crippen LogP contribution is 2.23. The number of benzene rings is 1. The van der Waals surface area contributed by atoms with Crippen molar-refractivity contribution in [3.8, 4) is 11.5 Å². The second kappa shape index (κ2) is 4.91. The van der Waals surface area contributed by atoms with Gasteiger partial charge in [0.25, 0.3) is 5.91 Å². The molecule has 0 radical (unpaired) electrons. The molecule has 1 aliphatic carbocycles. The number of carbonyl (C=O) groups is 1. The third-order valence-corrected chi connectivity index (χ3v) is 2.79. The van der Waals surface area contributed by atoms with Gasteiger partial charge in [0.1, 0.15) is 11.5 Å². The summed E-state index contributed by atoms with van der Waals surface area (Å²) in [5.74, 6) is 0.216. The number of methoxy groups -OCH3 is 1. The maximum absolute atomic E-state index is 11.9. The molecule has 2 rings (SSSR count). The summed E-state index contributed by atoms with van der Waals surface area (Å²) in [4.78, 5) is 11.9. The van der Waals surface area contributed by atoms with E-state index in [-0.39, 0.29) is 23.3 Å². The fraction of sp³-hybridized carbons (Fsp3) is 0.308. The van der Waals surface area contributed by atoms with Gasteiger partial charge in [-0.3, -0.25) is 4.79 Å². The lowest BCUT2D eigenvalue weighted by molar-refractivity contribution is 0.0936. The van der Waals surface area contributed by atoms with Crippen LogP contribution in [0.5, 0.6) is 11.5 Å². The lowest BCUT2D eigenvalue weighted by Gasteiger charge is -2.13. The highest BCUT2D eigenvalue weighted by atomic mass is 16.5. The Morgan fingerprint density at radius 3 is 2.71 bits per heavy atom. The fourth-order valence-electron chi connectivity index (χ4n) is 1.83. The van der Waals surface area contributed by atoms with Gasteiger partial charge in [-0.1, -0.05) is 12.2 Å². The number of nitrogens with one attached hydrogen (secondary N) is 1. The summed E-state index contributed by atoms with van der Waals surface area (Å²) in [6.07, 6.45) is 5.78. The van der Waals surface area contributed by atoms with Crippen LogP contribution < -0.4 is 10.1 Å². The number of hydrogen-bond donors (Lipinski definition) is 2. The number of phenols is 1. The highest BCUT2D eigenvalue weighted by molar-refractivity contribution is 5.97. The Labute approximate surface area is 99.9 Å². The molecule has 0 heterocycles. The minimum absolute atomic E-state index is 0.0622. The highest BCUT2D eigenvalue weighted by Gasteiger charge is 2.17. The van der Waals surface area contributed by atoms with Crippen molar-refractivity contribution in [3.05, 3.63) is 35.9 Å². The molecule has 90 valence electrons. The van der Waals surface area contributed by atoms with Crippen molar-refractivity contribution in [2.75, 3.05) is 7.11 Å². The number of rotatable bonds is 3. The van der Waals surface area contributed by atoms with E-state index in [1.165, 1.54) is 13.2 Å². The molecule has 0 saturated carbocycles. The second-order valence-electron chi connectivity index (χ2n) is 4.00. The molecule has 0 aliphatic heterocycles. The van der Waals surface area contributed by atoms with Gasteiger partial charge in [-0.2, -0.15) is 0 Å². The van der Waals surface area contributed by atoms with Crippen LogP contribution in [0.3, 0.4) is 0 Å². The van der Waals surface area contributed by atoms with E-state index in [2.05, 4.69) is 5.32 Å². The van der Waals surface area contributed by atoms with Crippen molar-refractivity contribution in [1.29, 1.82) is 0 Å². The lowest BCUT2D eigenvalue weighted by atomic mass is 10.1. The quantitative estimate of drug-likeness (QED) is 0.783. The molecule has 17 heavy (non-hydrogen) atoms. The molecule has 4 heteroatoms. The number of phenolic OH excluding ortho intramolecular Hbond substituents is 1. The predicted molar refractivity (Wildman–Crippen MR) is 64.3 cm³/mol. The topological polar surface area (TPSA) is 58.6 Å². The molecule has 0 bridgehead atoms. The van der Waals surface area contributed by atoms with Gasteiger partial charge in [0.05, 0.1) is 12.7 Å². The Hall–Kier alpha value is -1.97. The summed E-state index contributed by atoms with van der Waals surface area (Å²) in [5, 5.41) is 12.6. The molecule has 0 atom stereocenters. The zero-order valence-electron chi connectivity index (χ0n) is 9.64. The van der Waals surface area contributed by atoms with Gasteiger partial charge in [-0.25, -0.2) is 0 Å². The van der Waals surface area contributed by atoms with E-state index in [9.17, 15) is 9.90 Å². The van der Waals surface area contributed by atoms with Gasteiger partial charge in [0.15, 0.2) is 0 Å². The summed E-state index contributed by atoms with van der Waals surface area (Å²) >= 11 is 0. The van der Waals surface area contributed by atoms with Crippen molar-refractivity contribution >= 4 is 5.91 Å². The van der Waals surface area contributed by atoms with Gasteiger partial charge >= 0.3 is 0 Å². The van der Waals surface area contributed by atoms with Crippen LogP contribution in [0.2, 0.25) is 0 Å². The minimum Gasteiger partial charge on any atom is -0.507 e. The molecule has 4 nitrogen and oxygen atoms in total. The van der Waals surface area contributed by atoms with E-state index in [1.807, 2.05) is 12.2 Å².